The van der Waals surface area contributed by atoms with Crippen molar-refractivity contribution in [2.75, 3.05) is 13.1 Å². The van der Waals surface area contributed by atoms with Crippen LogP contribution in [0.4, 0.5) is 0 Å². The molecule has 1 aromatic carbocycles. The maximum absolute atomic E-state index is 12.6. The van der Waals surface area contributed by atoms with E-state index in [2.05, 4.69) is 32.2 Å². The van der Waals surface area contributed by atoms with Gasteiger partial charge in [0.1, 0.15) is 0 Å². The molecule has 3 nitrogen and oxygen atoms in total. The molecule has 1 fully saturated rings. The number of piperazine rings is 1. The highest BCUT2D eigenvalue weighted by Crippen LogP contribution is 2.16. The molecule has 1 heterocycles. The van der Waals surface area contributed by atoms with Gasteiger partial charge in [-0.1, -0.05) is 17.7 Å². The van der Waals surface area contributed by atoms with Gasteiger partial charge < -0.3 is 10.2 Å². The van der Waals surface area contributed by atoms with Crippen molar-refractivity contribution in [1.29, 1.82) is 0 Å². The van der Waals surface area contributed by atoms with Crippen LogP contribution in [0.2, 0.25) is 0 Å². The Balaban J connectivity index is 2.24. The van der Waals surface area contributed by atoms with E-state index in [0.717, 1.165) is 24.2 Å². The second-order valence-corrected chi connectivity index (χ2v) is 5.43. The molecule has 1 amide bonds. The zero-order valence-corrected chi connectivity index (χ0v) is 11.7. The lowest BCUT2D eigenvalue weighted by atomic mass is 10.0. The minimum Gasteiger partial charge on any atom is -0.333 e. The molecule has 98 valence electrons. The first-order chi connectivity index (χ1) is 8.49. The Hall–Kier alpha value is -1.35. The van der Waals surface area contributed by atoms with Crippen LogP contribution in [-0.4, -0.2) is 36.0 Å². The summed E-state index contributed by atoms with van der Waals surface area (Å²) in [6.45, 7) is 9.94. The maximum atomic E-state index is 12.6. The van der Waals surface area contributed by atoms with E-state index in [0.29, 0.717) is 6.04 Å². The van der Waals surface area contributed by atoms with Crippen molar-refractivity contribution in [2.45, 2.75) is 39.8 Å². The largest absolute Gasteiger partial charge is 0.333 e. The second-order valence-electron chi connectivity index (χ2n) is 5.43. The third-order valence-corrected chi connectivity index (χ3v) is 3.64. The SMILES string of the molecule is Cc1ccc(C(=O)N2CC(C)NCC2C)c(C)c1. The fraction of sp³-hybridized carbons (Fsp3) is 0.533. The Morgan fingerprint density at radius 3 is 2.72 bits per heavy atom. The zero-order chi connectivity index (χ0) is 13.3. The Kier molecular flexibility index (Phi) is 3.71. The van der Waals surface area contributed by atoms with Crippen molar-refractivity contribution < 1.29 is 4.79 Å². The highest BCUT2D eigenvalue weighted by molar-refractivity contribution is 5.96. The van der Waals surface area contributed by atoms with E-state index >= 15 is 0 Å². The number of benzene rings is 1. The van der Waals surface area contributed by atoms with Gasteiger partial charge in [-0.25, -0.2) is 0 Å². The molecular formula is C15H22N2O. The summed E-state index contributed by atoms with van der Waals surface area (Å²) < 4.78 is 0. The van der Waals surface area contributed by atoms with Gasteiger partial charge in [0.25, 0.3) is 5.91 Å². The molecule has 1 N–H and O–H groups in total. The lowest BCUT2D eigenvalue weighted by Crippen LogP contribution is -2.56. The van der Waals surface area contributed by atoms with Crippen LogP contribution >= 0.6 is 0 Å². The van der Waals surface area contributed by atoms with Crippen LogP contribution in [0.25, 0.3) is 0 Å². The number of nitrogens with zero attached hydrogens (tertiary/aromatic N) is 1. The smallest absolute Gasteiger partial charge is 0.254 e. The summed E-state index contributed by atoms with van der Waals surface area (Å²) in [5.74, 6) is 0.161. The number of carbonyl (C=O) groups excluding carboxylic acids is 1. The van der Waals surface area contributed by atoms with Crippen molar-refractivity contribution >= 4 is 5.91 Å². The van der Waals surface area contributed by atoms with E-state index in [4.69, 9.17) is 0 Å². The summed E-state index contributed by atoms with van der Waals surface area (Å²) in [5, 5.41) is 3.40. The summed E-state index contributed by atoms with van der Waals surface area (Å²) in [6.07, 6.45) is 0. The molecular weight excluding hydrogens is 224 g/mol. The number of hydrogen-bond acceptors (Lipinski definition) is 2. The molecule has 2 rings (SSSR count). The highest BCUT2D eigenvalue weighted by Gasteiger charge is 2.27. The van der Waals surface area contributed by atoms with Gasteiger partial charge in [0.05, 0.1) is 0 Å². The fourth-order valence-electron chi connectivity index (χ4n) is 2.51. The molecule has 3 heteroatoms. The van der Waals surface area contributed by atoms with Crippen LogP contribution in [0.3, 0.4) is 0 Å². The summed E-state index contributed by atoms with van der Waals surface area (Å²) in [7, 11) is 0. The van der Waals surface area contributed by atoms with Crippen LogP contribution in [0.15, 0.2) is 18.2 Å². The highest BCUT2D eigenvalue weighted by atomic mass is 16.2. The molecule has 0 radical (unpaired) electrons. The van der Waals surface area contributed by atoms with E-state index in [1.807, 2.05) is 24.0 Å². The average Bonchev–Trinajstić information content (AvgIpc) is 2.31. The van der Waals surface area contributed by atoms with Gasteiger partial charge in [0, 0.05) is 30.7 Å². The van der Waals surface area contributed by atoms with Crippen LogP contribution in [0.5, 0.6) is 0 Å². The van der Waals surface area contributed by atoms with Gasteiger partial charge in [0.15, 0.2) is 0 Å². The molecule has 0 saturated carbocycles. The molecule has 1 aliphatic rings. The first kappa shape index (κ1) is 13.1. The Bertz CT molecular complexity index is 456. The van der Waals surface area contributed by atoms with Crippen LogP contribution in [-0.2, 0) is 0 Å². The lowest BCUT2D eigenvalue weighted by Gasteiger charge is -2.37. The van der Waals surface area contributed by atoms with Crippen molar-refractivity contribution in [3.05, 3.63) is 34.9 Å². The van der Waals surface area contributed by atoms with E-state index in [1.165, 1.54) is 5.56 Å². The summed E-state index contributed by atoms with van der Waals surface area (Å²) in [4.78, 5) is 14.6. The predicted molar refractivity (Wildman–Crippen MR) is 73.9 cm³/mol. The summed E-state index contributed by atoms with van der Waals surface area (Å²) >= 11 is 0. The normalized spacial score (nSPS) is 24.1. The monoisotopic (exact) mass is 246 g/mol. The van der Waals surface area contributed by atoms with Gasteiger partial charge in [-0.3, -0.25) is 4.79 Å². The molecule has 1 aliphatic heterocycles. The number of nitrogens with one attached hydrogen (secondary N) is 1. The molecule has 0 aliphatic carbocycles. The first-order valence-corrected chi connectivity index (χ1v) is 6.60. The Labute approximate surface area is 109 Å². The lowest BCUT2D eigenvalue weighted by molar-refractivity contribution is 0.0615. The average molecular weight is 246 g/mol. The fourth-order valence-corrected chi connectivity index (χ4v) is 2.51. The minimum atomic E-state index is 0.161. The summed E-state index contributed by atoms with van der Waals surface area (Å²) in [5.41, 5.74) is 3.10. The maximum Gasteiger partial charge on any atom is 0.254 e. The van der Waals surface area contributed by atoms with Crippen LogP contribution in [0, 0.1) is 13.8 Å². The van der Waals surface area contributed by atoms with E-state index < -0.39 is 0 Å². The Morgan fingerprint density at radius 1 is 1.33 bits per heavy atom. The first-order valence-electron chi connectivity index (χ1n) is 6.60. The molecule has 1 saturated heterocycles. The van der Waals surface area contributed by atoms with Crippen molar-refractivity contribution in [3.8, 4) is 0 Å². The minimum absolute atomic E-state index is 0.161. The van der Waals surface area contributed by atoms with E-state index in [-0.39, 0.29) is 11.9 Å². The van der Waals surface area contributed by atoms with Gasteiger partial charge in [-0.2, -0.15) is 0 Å². The van der Waals surface area contributed by atoms with Gasteiger partial charge in [0.2, 0.25) is 0 Å². The number of aryl methyl sites for hydroxylation is 2. The molecule has 0 bridgehead atoms. The number of rotatable bonds is 1. The standard InChI is InChI=1S/C15H22N2O/c1-10-5-6-14(11(2)7-10)15(18)17-9-12(3)16-8-13(17)4/h5-7,12-13,16H,8-9H2,1-4H3. The quantitative estimate of drug-likeness (QED) is 0.823. The van der Waals surface area contributed by atoms with Crippen molar-refractivity contribution in [2.24, 2.45) is 0 Å². The zero-order valence-electron chi connectivity index (χ0n) is 11.7. The Morgan fingerprint density at radius 2 is 2.06 bits per heavy atom. The molecule has 1 aromatic rings. The second kappa shape index (κ2) is 5.11. The van der Waals surface area contributed by atoms with Crippen molar-refractivity contribution in [1.82, 2.24) is 10.2 Å². The number of carbonyl (C=O) groups is 1. The molecule has 2 atom stereocenters. The molecule has 2 unspecified atom stereocenters. The van der Waals surface area contributed by atoms with E-state index in [1.54, 1.807) is 0 Å². The summed E-state index contributed by atoms with van der Waals surface area (Å²) in [6, 6.07) is 6.66. The third-order valence-electron chi connectivity index (χ3n) is 3.64. The molecule has 18 heavy (non-hydrogen) atoms. The van der Waals surface area contributed by atoms with Crippen molar-refractivity contribution in [3.63, 3.8) is 0 Å². The molecule has 0 spiro atoms. The van der Waals surface area contributed by atoms with Gasteiger partial charge >= 0.3 is 0 Å². The predicted octanol–water partition coefficient (Wildman–Crippen LogP) is 2.13. The number of hydrogen-bond donors (Lipinski definition) is 1. The number of amides is 1. The van der Waals surface area contributed by atoms with Crippen LogP contribution < -0.4 is 5.32 Å². The third kappa shape index (κ3) is 2.56. The van der Waals surface area contributed by atoms with Gasteiger partial charge in [-0.15, -0.1) is 0 Å². The van der Waals surface area contributed by atoms with E-state index in [9.17, 15) is 4.79 Å². The van der Waals surface area contributed by atoms with Crippen LogP contribution in [0.1, 0.15) is 35.3 Å². The molecule has 0 aromatic heterocycles. The van der Waals surface area contributed by atoms with Gasteiger partial charge in [-0.05, 0) is 39.3 Å². The topological polar surface area (TPSA) is 32.3 Å².